The molecule has 1 aromatic heterocycles. The molecule has 0 radical (unpaired) electrons. The number of hydrogen-bond donors (Lipinski definition) is 2. The zero-order valence-electron chi connectivity index (χ0n) is 14.9. The number of carbonyl (C=O) groups is 1. The SMILES string of the molecule is Cc1sc(C(C)NC(=O)[C@@H](N)CC(C)C)nc1-c1ccc(Cl)cc1.Cl. The molecule has 0 aliphatic rings. The molecule has 7 heteroatoms. The molecule has 1 heterocycles. The molecule has 2 atom stereocenters. The summed E-state index contributed by atoms with van der Waals surface area (Å²) < 4.78 is 0. The topological polar surface area (TPSA) is 68.0 Å². The summed E-state index contributed by atoms with van der Waals surface area (Å²) in [5.74, 6) is 0.261. The van der Waals surface area contributed by atoms with Crippen LogP contribution in [0.3, 0.4) is 0 Å². The molecule has 1 amide bonds. The van der Waals surface area contributed by atoms with Crippen molar-refractivity contribution in [2.75, 3.05) is 0 Å². The van der Waals surface area contributed by atoms with Gasteiger partial charge in [0.25, 0.3) is 0 Å². The zero-order chi connectivity index (χ0) is 17.9. The van der Waals surface area contributed by atoms with Crippen molar-refractivity contribution in [3.63, 3.8) is 0 Å². The van der Waals surface area contributed by atoms with Crippen LogP contribution in [0.4, 0.5) is 0 Å². The van der Waals surface area contributed by atoms with Crippen molar-refractivity contribution in [3.05, 3.63) is 39.2 Å². The Morgan fingerprint density at radius 2 is 1.88 bits per heavy atom. The van der Waals surface area contributed by atoms with Crippen LogP contribution >= 0.6 is 35.3 Å². The second-order valence-electron chi connectivity index (χ2n) is 6.43. The minimum absolute atomic E-state index is 0. The minimum Gasteiger partial charge on any atom is -0.346 e. The van der Waals surface area contributed by atoms with Crippen molar-refractivity contribution in [1.29, 1.82) is 0 Å². The van der Waals surface area contributed by atoms with Gasteiger partial charge in [-0.05, 0) is 38.3 Å². The summed E-state index contributed by atoms with van der Waals surface area (Å²) in [6.45, 7) is 8.08. The molecule has 2 aromatic rings. The third kappa shape index (κ3) is 5.96. The molecule has 0 saturated carbocycles. The second kappa shape index (κ2) is 9.53. The number of nitrogens with zero attached hydrogens (tertiary/aromatic N) is 1. The number of carbonyl (C=O) groups excluding carboxylic acids is 1. The van der Waals surface area contributed by atoms with Gasteiger partial charge in [0.15, 0.2) is 0 Å². The molecule has 0 bridgehead atoms. The van der Waals surface area contributed by atoms with Crippen molar-refractivity contribution in [3.8, 4) is 11.3 Å². The Morgan fingerprint density at radius 3 is 2.44 bits per heavy atom. The number of halogens is 2. The standard InChI is InChI=1S/C18H24ClN3OS.ClH/c1-10(2)9-15(20)17(23)21-11(3)18-22-16(12(4)24-18)13-5-7-14(19)8-6-13;/h5-8,10-11,15H,9,20H2,1-4H3,(H,21,23);1H/t11?,15-;/m0./s1. The molecule has 1 aromatic carbocycles. The number of hydrogen-bond acceptors (Lipinski definition) is 4. The van der Waals surface area contributed by atoms with Crippen molar-refractivity contribution < 1.29 is 4.79 Å². The maximum atomic E-state index is 12.2. The predicted octanol–water partition coefficient (Wildman–Crippen LogP) is 4.74. The lowest BCUT2D eigenvalue weighted by Gasteiger charge is -2.17. The smallest absolute Gasteiger partial charge is 0.237 e. The number of nitrogens with two attached hydrogens (primary N) is 1. The zero-order valence-corrected chi connectivity index (χ0v) is 17.3. The molecular formula is C18H25Cl2N3OS. The van der Waals surface area contributed by atoms with Crippen LogP contribution in [-0.4, -0.2) is 16.9 Å². The Morgan fingerprint density at radius 1 is 1.28 bits per heavy atom. The quantitative estimate of drug-likeness (QED) is 0.733. The molecule has 138 valence electrons. The highest BCUT2D eigenvalue weighted by Gasteiger charge is 2.20. The van der Waals surface area contributed by atoms with Gasteiger partial charge in [-0.25, -0.2) is 4.98 Å². The molecular weight excluding hydrogens is 377 g/mol. The predicted molar refractivity (Wildman–Crippen MR) is 109 cm³/mol. The number of rotatable bonds is 6. The van der Waals surface area contributed by atoms with Gasteiger partial charge in [-0.1, -0.05) is 37.6 Å². The maximum absolute atomic E-state index is 12.2. The van der Waals surface area contributed by atoms with Gasteiger partial charge in [0.2, 0.25) is 5.91 Å². The van der Waals surface area contributed by atoms with Gasteiger partial charge in [-0.2, -0.15) is 0 Å². The van der Waals surface area contributed by atoms with Crippen molar-refractivity contribution in [1.82, 2.24) is 10.3 Å². The second-order valence-corrected chi connectivity index (χ2v) is 8.10. The lowest BCUT2D eigenvalue weighted by molar-refractivity contribution is -0.123. The number of thiazole rings is 1. The average Bonchev–Trinajstić information content (AvgIpc) is 2.89. The van der Waals surface area contributed by atoms with Crippen LogP contribution < -0.4 is 11.1 Å². The first-order valence-corrected chi connectivity index (χ1v) is 9.26. The van der Waals surface area contributed by atoms with Gasteiger partial charge in [0, 0.05) is 15.5 Å². The van der Waals surface area contributed by atoms with Crippen LogP contribution in [-0.2, 0) is 4.79 Å². The first-order valence-electron chi connectivity index (χ1n) is 8.07. The summed E-state index contributed by atoms with van der Waals surface area (Å²) in [6, 6.07) is 6.97. The molecule has 0 aliphatic carbocycles. The van der Waals surface area contributed by atoms with E-state index in [9.17, 15) is 4.79 Å². The fourth-order valence-electron chi connectivity index (χ4n) is 2.47. The Bertz CT molecular complexity index is 701. The minimum atomic E-state index is -0.482. The molecule has 3 N–H and O–H groups in total. The molecule has 1 unspecified atom stereocenters. The van der Waals surface area contributed by atoms with Crippen LogP contribution in [0.2, 0.25) is 5.02 Å². The fraction of sp³-hybridized carbons (Fsp3) is 0.444. The molecule has 4 nitrogen and oxygen atoms in total. The Hall–Kier alpha value is -1.14. The molecule has 0 spiro atoms. The summed E-state index contributed by atoms with van der Waals surface area (Å²) in [5, 5.41) is 4.54. The van der Waals surface area contributed by atoms with E-state index in [4.69, 9.17) is 22.3 Å². The normalized spacial score (nSPS) is 13.2. The van der Waals surface area contributed by atoms with Gasteiger partial charge in [0.1, 0.15) is 5.01 Å². The summed E-state index contributed by atoms with van der Waals surface area (Å²) in [5.41, 5.74) is 7.90. The Labute approximate surface area is 164 Å². The van der Waals surface area contributed by atoms with E-state index < -0.39 is 6.04 Å². The van der Waals surface area contributed by atoms with Gasteiger partial charge < -0.3 is 11.1 Å². The van der Waals surface area contributed by atoms with Gasteiger partial charge in [-0.3, -0.25) is 4.79 Å². The van der Waals surface area contributed by atoms with Crippen LogP contribution in [0.1, 0.15) is 43.1 Å². The highest BCUT2D eigenvalue weighted by molar-refractivity contribution is 7.12. The summed E-state index contributed by atoms with van der Waals surface area (Å²) in [7, 11) is 0. The lowest BCUT2D eigenvalue weighted by Crippen LogP contribution is -2.42. The number of aromatic nitrogens is 1. The Balaban J connectivity index is 0.00000312. The van der Waals surface area contributed by atoms with Crippen LogP contribution in [0.15, 0.2) is 24.3 Å². The van der Waals surface area contributed by atoms with Crippen molar-refractivity contribution in [2.45, 2.75) is 46.2 Å². The molecule has 0 fully saturated rings. The summed E-state index contributed by atoms with van der Waals surface area (Å²) in [4.78, 5) is 18.0. The first-order chi connectivity index (χ1) is 11.3. The van der Waals surface area contributed by atoms with Crippen LogP contribution in [0.25, 0.3) is 11.3 Å². The van der Waals surface area contributed by atoms with Crippen molar-refractivity contribution >= 4 is 41.3 Å². The van der Waals surface area contributed by atoms with E-state index in [-0.39, 0.29) is 24.4 Å². The molecule has 0 saturated heterocycles. The van der Waals surface area contributed by atoms with Gasteiger partial charge >= 0.3 is 0 Å². The monoisotopic (exact) mass is 401 g/mol. The van der Waals surface area contributed by atoms with Gasteiger partial charge in [0.05, 0.1) is 17.8 Å². The summed E-state index contributed by atoms with van der Waals surface area (Å²) in [6.07, 6.45) is 0.672. The first kappa shape index (κ1) is 21.9. The van der Waals surface area contributed by atoms with E-state index in [1.165, 1.54) is 0 Å². The number of amides is 1. The molecule has 25 heavy (non-hydrogen) atoms. The third-order valence-corrected chi connectivity index (χ3v) is 5.13. The van der Waals surface area contributed by atoms with Crippen LogP contribution in [0, 0.1) is 12.8 Å². The average molecular weight is 402 g/mol. The fourth-order valence-corrected chi connectivity index (χ4v) is 3.55. The number of nitrogens with one attached hydrogen (secondary N) is 1. The lowest BCUT2D eigenvalue weighted by atomic mass is 10.0. The molecule has 2 rings (SSSR count). The maximum Gasteiger partial charge on any atom is 0.237 e. The highest BCUT2D eigenvalue weighted by atomic mass is 35.5. The van der Waals surface area contributed by atoms with E-state index in [0.717, 1.165) is 21.1 Å². The highest BCUT2D eigenvalue weighted by Crippen LogP contribution is 2.31. The van der Waals surface area contributed by atoms with E-state index in [1.54, 1.807) is 11.3 Å². The van der Waals surface area contributed by atoms with Crippen LogP contribution in [0.5, 0.6) is 0 Å². The van der Waals surface area contributed by atoms with E-state index in [1.807, 2.05) is 38.1 Å². The third-order valence-electron chi connectivity index (χ3n) is 3.72. The largest absolute Gasteiger partial charge is 0.346 e. The molecule has 0 aliphatic heterocycles. The number of aryl methyl sites for hydroxylation is 1. The van der Waals surface area contributed by atoms with Crippen molar-refractivity contribution in [2.24, 2.45) is 11.7 Å². The summed E-state index contributed by atoms with van der Waals surface area (Å²) >= 11 is 7.53. The van der Waals surface area contributed by atoms with E-state index in [2.05, 4.69) is 19.2 Å². The number of benzene rings is 1. The Kier molecular flexibility index (Phi) is 8.35. The van der Waals surface area contributed by atoms with Gasteiger partial charge in [-0.15, -0.1) is 23.7 Å². The van der Waals surface area contributed by atoms with E-state index in [0.29, 0.717) is 17.4 Å². The van der Waals surface area contributed by atoms with E-state index >= 15 is 0 Å².